The van der Waals surface area contributed by atoms with Crippen LogP contribution in [-0.2, 0) is 0 Å². The van der Waals surface area contributed by atoms with Gasteiger partial charge in [-0.05, 0) is 20.3 Å². The Balaban J connectivity index is -0.0000000933. The van der Waals surface area contributed by atoms with Crippen molar-refractivity contribution in [1.29, 1.82) is 0 Å². The SMILES string of the molecule is CCC(O)O.CCO.CCO. The summed E-state index contributed by atoms with van der Waals surface area (Å²) < 4.78 is 0. The van der Waals surface area contributed by atoms with Crippen LogP contribution >= 0.6 is 0 Å². The van der Waals surface area contributed by atoms with E-state index in [9.17, 15) is 0 Å². The second-order valence-electron chi connectivity index (χ2n) is 1.52. The molecule has 4 nitrogen and oxygen atoms in total. The molecular formula is C7H20O4. The average Bonchev–Trinajstić information content (AvgIpc) is 1.91. The third kappa shape index (κ3) is 179. The van der Waals surface area contributed by atoms with E-state index in [2.05, 4.69) is 0 Å². The van der Waals surface area contributed by atoms with Crippen LogP contribution in [0.3, 0.4) is 0 Å². The highest BCUT2D eigenvalue weighted by molar-refractivity contribution is 4.21. The van der Waals surface area contributed by atoms with Crippen molar-refractivity contribution in [2.45, 2.75) is 33.5 Å². The third-order valence-corrected chi connectivity index (χ3v) is 0.365. The predicted octanol–water partition coefficient (Wildman–Crippen LogP) is -0.296. The van der Waals surface area contributed by atoms with Crippen LogP contribution in [0.15, 0.2) is 0 Å². The van der Waals surface area contributed by atoms with E-state index in [1.807, 2.05) is 0 Å². The normalized spacial score (nSPS) is 7.64. The molecule has 0 fully saturated rings. The smallest absolute Gasteiger partial charge is 0.151 e. The molecule has 0 saturated carbocycles. The lowest BCUT2D eigenvalue weighted by atomic mass is 10.5. The highest BCUT2D eigenvalue weighted by Gasteiger charge is 1.83. The molecule has 0 bridgehead atoms. The van der Waals surface area contributed by atoms with Crippen molar-refractivity contribution in [2.75, 3.05) is 13.2 Å². The summed E-state index contributed by atoms with van der Waals surface area (Å²) in [5, 5.41) is 31.0. The van der Waals surface area contributed by atoms with Gasteiger partial charge in [0.15, 0.2) is 6.29 Å². The lowest BCUT2D eigenvalue weighted by molar-refractivity contribution is -0.0413. The molecule has 0 saturated heterocycles. The van der Waals surface area contributed by atoms with Crippen molar-refractivity contribution in [2.24, 2.45) is 0 Å². The molecule has 0 aromatic carbocycles. The van der Waals surface area contributed by atoms with Crippen molar-refractivity contribution >= 4 is 0 Å². The minimum Gasteiger partial charge on any atom is -0.397 e. The van der Waals surface area contributed by atoms with Crippen LogP contribution in [0, 0.1) is 0 Å². The van der Waals surface area contributed by atoms with Crippen molar-refractivity contribution < 1.29 is 20.4 Å². The van der Waals surface area contributed by atoms with E-state index < -0.39 is 6.29 Å². The molecule has 0 aromatic heterocycles. The van der Waals surface area contributed by atoms with E-state index in [1.165, 1.54) is 0 Å². The Morgan fingerprint density at radius 2 is 1.00 bits per heavy atom. The van der Waals surface area contributed by atoms with Gasteiger partial charge in [0, 0.05) is 13.2 Å². The number of rotatable bonds is 1. The first-order chi connectivity index (χ1) is 5.10. The van der Waals surface area contributed by atoms with E-state index in [-0.39, 0.29) is 13.2 Å². The van der Waals surface area contributed by atoms with Gasteiger partial charge in [0.1, 0.15) is 0 Å². The fraction of sp³-hybridized carbons (Fsp3) is 1.00. The number of aliphatic hydroxyl groups excluding tert-OH is 3. The van der Waals surface area contributed by atoms with Crippen LogP contribution in [-0.4, -0.2) is 39.9 Å². The van der Waals surface area contributed by atoms with E-state index in [4.69, 9.17) is 20.4 Å². The molecular weight excluding hydrogens is 148 g/mol. The van der Waals surface area contributed by atoms with Crippen molar-refractivity contribution in [1.82, 2.24) is 0 Å². The fourth-order valence-corrected chi connectivity index (χ4v) is 0. The molecule has 0 spiro atoms. The van der Waals surface area contributed by atoms with E-state index in [0.717, 1.165) is 0 Å². The highest BCUT2D eigenvalue weighted by atomic mass is 16.5. The maximum Gasteiger partial charge on any atom is 0.151 e. The molecule has 0 amide bonds. The first-order valence-corrected chi connectivity index (χ1v) is 3.68. The summed E-state index contributed by atoms with van der Waals surface area (Å²) in [5.74, 6) is 0. The average molecular weight is 168 g/mol. The molecule has 72 valence electrons. The predicted molar refractivity (Wildman–Crippen MR) is 44.0 cm³/mol. The monoisotopic (exact) mass is 168 g/mol. The Hall–Kier alpha value is -0.160. The molecule has 0 radical (unpaired) electrons. The van der Waals surface area contributed by atoms with E-state index in [0.29, 0.717) is 6.42 Å². The Morgan fingerprint density at radius 1 is 0.909 bits per heavy atom. The molecule has 0 aliphatic rings. The second kappa shape index (κ2) is 22.5. The van der Waals surface area contributed by atoms with Crippen molar-refractivity contribution in [3.63, 3.8) is 0 Å². The van der Waals surface area contributed by atoms with Crippen LogP contribution in [0.25, 0.3) is 0 Å². The van der Waals surface area contributed by atoms with Gasteiger partial charge in [0.05, 0.1) is 0 Å². The first-order valence-electron chi connectivity index (χ1n) is 3.68. The summed E-state index contributed by atoms with van der Waals surface area (Å²) in [6, 6.07) is 0. The Kier molecular flexibility index (Phi) is 35.0. The van der Waals surface area contributed by atoms with E-state index >= 15 is 0 Å². The Bertz CT molecular complexity index is 37.4. The minimum atomic E-state index is -1.12. The standard InChI is InChI=1S/C3H8O2.2C2H6O/c1-2-3(4)5;2*1-2-3/h3-5H,2H2,1H3;2*3H,2H2,1H3. The zero-order valence-corrected chi connectivity index (χ0v) is 7.49. The molecule has 4 heteroatoms. The third-order valence-electron chi connectivity index (χ3n) is 0.365. The van der Waals surface area contributed by atoms with Gasteiger partial charge in [-0.3, -0.25) is 0 Å². The second-order valence-corrected chi connectivity index (χ2v) is 1.52. The van der Waals surface area contributed by atoms with Crippen LogP contribution in [0.1, 0.15) is 27.2 Å². The summed E-state index contributed by atoms with van der Waals surface area (Å²) >= 11 is 0. The fourth-order valence-electron chi connectivity index (χ4n) is 0. The molecule has 0 aromatic rings. The summed E-state index contributed by atoms with van der Waals surface area (Å²) in [7, 11) is 0. The summed E-state index contributed by atoms with van der Waals surface area (Å²) in [5.41, 5.74) is 0. The zero-order valence-electron chi connectivity index (χ0n) is 7.49. The van der Waals surface area contributed by atoms with Crippen molar-refractivity contribution in [3.05, 3.63) is 0 Å². The molecule has 0 aliphatic carbocycles. The zero-order chi connectivity index (χ0) is 9.70. The van der Waals surface area contributed by atoms with Crippen LogP contribution in [0.5, 0.6) is 0 Å². The lowest BCUT2D eigenvalue weighted by Crippen LogP contribution is -1.99. The maximum absolute atomic E-state index is 7.92. The van der Waals surface area contributed by atoms with Gasteiger partial charge in [-0.2, -0.15) is 0 Å². The summed E-state index contributed by atoms with van der Waals surface area (Å²) in [4.78, 5) is 0. The molecule has 4 N–H and O–H groups in total. The van der Waals surface area contributed by atoms with Gasteiger partial charge < -0.3 is 20.4 Å². The molecule has 11 heavy (non-hydrogen) atoms. The molecule has 0 atom stereocenters. The quantitative estimate of drug-likeness (QED) is 0.405. The van der Waals surface area contributed by atoms with Gasteiger partial charge in [-0.25, -0.2) is 0 Å². The molecule has 0 rings (SSSR count). The highest BCUT2D eigenvalue weighted by Crippen LogP contribution is 1.77. The minimum absolute atomic E-state index is 0.250. The molecule has 0 heterocycles. The van der Waals surface area contributed by atoms with Gasteiger partial charge in [0.2, 0.25) is 0 Å². The molecule has 0 unspecified atom stereocenters. The topological polar surface area (TPSA) is 80.9 Å². The maximum atomic E-state index is 7.92. The summed E-state index contributed by atoms with van der Waals surface area (Å²) in [6.07, 6.45) is -0.699. The Labute approximate surface area is 68.1 Å². The largest absolute Gasteiger partial charge is 0.397 e. The van der Waals surface area contributed by atoms with Gasteiger partial charge in [-0.1, -0.05) is 6.92 Å². The van der Waals surface area contributed by atoms with Crippen molar-refractivity contribution in [3.8, 4) is 0 Å². The summed E-state index contributed by atoms with van der Waals surface area (Å²) in [6.45, 7) is 5.56. The molecule has 0 aliphatic heterocycles. The number of aliphatic hydroxyl groups is 4. The van der Waals surface area contributed by atoms with Gasteiger partial charge in [-0.15, -0.1) is 0 Å². The lowest BCUT2D eigenvalue weighted by Gasteiger charge is -1.90. The van der Waals surface area contributed by atoms with Gasteiger partial charge >= 0.3 is 0 Å². The first kappa shape index (κ1) is 17.1. The van der Waals surface area contributed by atoms with Crippen LogP contribution in [0.2, 0.25) is 0 Å². The van der Waals surface area contributed by atoms with Crippen LogP contribution < -0.4 is 0 Å². The van der Waals surface area contributed by atoms with Gasteiger partial charge in [0.25, 0.3) is 0 Å². The van der Waals surface area contributed by atoms with Crippen LogP contribution in [0.4, 0.5) is 0 Å². The number of hydrogen-bond donors (Lipinski definition) is 4. The van der Waals surface area contributed by atoms with E-state index in [1.54, 1.807) is 20.8 Å². The Morgan fingerprint density at radius 3 is 1.00 bits per heavy atom. The number of hydrogen-bond acceptors (Lipinski definition) is 4.